The van der Waals surface area contributed by atoms with E-state index >= 15 is 0 Å². The first-order valence-corrected chi connectivity index (χ1v) is 9.74. The van der Waals surface area contributed by atoms with Crippen molar-refractivity contribution in [2.75, 3.05) is 12.4 Å². The summed E-state index contributed by atoms with van der Waals surface area (Å²) in [5.74, 6) is -0.0913. The van der Waals surface area contributed by atoms with Crippen molar-refractivity contribution in [2.24, 2.45) is 0 Å². The van der Waals surface area contributed by atoms with Gasteiger partial charge in [0.05, 0.1) is 23.1 Å². The highest BCUT2D eigenvalue weighted by Crippen LogP contribution is 2.27. The summed E-state index contributed by atoms with van der Waals surface area (Å²) >= 11 is 5.98. The molecule has 26 heavy (non-hydrogen) atoms. The number of halogens is 1. The van der Waals surface area contributed by atoms with Crippen molar-refractivity contribution in [3.05, 3.63) is 52.5 Å². The van der Waals surface area contributed by atoms with Crippen LogP contribution in [0.1, 0.15) is 18.1 Å². The van der Waals surface area contributed by atoms with Crippen molar-refractivity contribution in [3.8, 4) is 5.75 Å². The van der Waals surface area contributed by atoms with Crippen LogP contribution in [0.5, 0.6) is 5.75 Å². The van der Waals surface area contributed by atoms with Crippen LogP contribution >= 0.6 is 11.6 Å². The third-order valence-electron chi connectivity index (χ3n) is 3.80. The molecule has 0 fully saturated rings. The van der Waals surface area contributed by atoms with Crippen LogP contribution in [0.4, 0.5) is 5.69 Å². The maximum Gasteiger partial charge on any atom is 0.242 e. The van der Waals surface area contributed by atoms with Gasteiger partial charge in [-0.25, -0.2) is 8.42 Å². The van der Waals surface area contributed by atoms with Crippen molar-refractivity contribution in [2.45, 2.75) is 31.7 Å². The highest BCUT2D eigenvalue weighted by Gasteiger charge is 2.23. The zero-order valence-electron chi connectivity index (χ0n) is 15.0. The SMILES string of the molecule is COc1ccc(S(=O)(=O)N[C@@H](C)C(=O)Nc2ccc(C)cc2C)cc1Cl. The fourth-order valence-electron chi connectivity index (χ4n) is 2.36. The lowest BCUT2D eigenvalue weighted by atomic mass is 10.1. The molecule has 1 amide bonds. The predicted molar refractivity (Wildman–Crippen MR) is 102 cm³/mol. The van der Waals surface area contributed by atoms with E-state index in [9.17, 15) is 13.2 Å². The summed E-state index contributed by atoms with van der Waals surface area (Å²) in [4.78, 5) is 12.3. The number of sulfonamides is 1. The molecule has 0 saturated heterocycles. The molecule has 2 aromatic rings. The van der Waals surface area contributed by atoms with E-state index < -0.39 is 22.0 Å². The molecule has 0 heterocycles. The Morgan fingerprint density at radius 3 is 2.42 bits per heavy atom. The molecule has 2 aromatic carbocycles. The van der Waals surface area contributed by atoms with Gasteiger partial charge in [-0.05, 0) is 50.6 Å². The van der Waals surface area contributed by atoms with E-state index in [4.69, 9.17) is 16.3 Å². The van der Waals surface area contributed by atoms with Crippen LogP contribution in [0.25, 0.3) is 0 Å². The van der Waals surface area contributed by atoms with Gasteiger partial charge in [-0.15, -0.1) is 0 Å². The summed E-state index contributed by atoms with van der Waals surface area (Å²) < 4.78 is 32.3. The van der Waals surface area contributed by atoms with Gasteiger partial charge in [-0.3, -0.25) is 4.79 Å². The van der Waals surface area contributed by atoms with Crippen molar-refractivity contribution in [3.63, 3.8) is 0 Å². The topological polar surface area (TPSA) is 84.5 Å². The molecule has 2 rings (SSSR count). The number of hydrogen-bond acceptors (Lipinski definition) is 4. The van der Waals surface area contributed by atoms with Crippen LogP contribution in [0, 0.1) is 13.8 Å². The van der Waals surface area contributed by atoms with Crippen LogP contribution in [0.15, 0.2) is 41.3 Å². The Hall–Kier alpha value is -2.09. The van der Waals surface area contributed by atoms with Crippen LogP contribution < -0.4 is 14.8 Å². The smallest absolute Gasteiger partial charge is 0.242 e. The van der Waals surface area contributed by atoms with Crippen LogP contribution in [-0.2, 0) is 14.8 Å². The number of hydrogen-bond donors (Lipinski definition) is 2. The molecule has 0 aliphatic rings. The number of benzene rings is 2. The minimum Gasteiger partial charge on any atom is -0.495 e. The van der Waals surface area contributed by atoms with E-state index in [2.05, 4.69) is 10.0 Å². The highest BCUT2D eigenvalue weighted by molar-refractivity contribution is 7.89. The molecule has 0 spiro atoms. The average molecular weight is 397 g/mol. The molecule has 6 nitrogen and oxygen atoms in total. The molecule has 140 valence electrons. The Kier molecular flexibility index (Phi) is 6.28. The predicted octanol–water partition coefficient (Wildman–Crippen LogP) is 3.27. The molecular weight excluding hydrogens is 376 g/mol. The Morgan fingerprint density at radius 2 is 1.85 bits per heavy atom. The number of anilines is 1. The lowest BCUT2D eigenvalue weighted by Gasteiger charge is -2.16. The number of methoxy groups -OCH3 is 1. The van der Waals surface area contributed by atoms with Crippen LogP contribution in [0.3, 0.4) is 0 Å². The van der Waals surface area contributed by atoms with Gasteiger partial charge in [0, 0.05) is 5.69 Å². The summed E-state index contributed by atoms with van der Waals surface area (Å²) in [5, 5.41) is 2.90. The second-order valence-corrected chi connectivity index (χ2v) is 8.07. The summed E-state index contributed by atoms with van der Waals surface area (Å²) in [5.41, 5.74) is 2.61. The summed E-state index contributed by atoms with van der Waals surface area (Å²) in [7, 11) is -2.47. The van der Waals surface area contributed by atoms with Gasteiger partial charge in [0.25, 0.3) is 0 Å². The summed E-state index contributed by atoms with van der Waals surface area (Å²) in [6, 6.07) is 8.71. The Balaban J connectivity index is 2.13. The zero-order valence-corrected chi connectivity index (χ0v) is 16.5. The van der Waals surface area contributed by atoms with E-state index in [-0.39, 0.29) is 9.92 Å². The number of carbonyl (C=O) groups is 1. The van der Waals surface area contributed by atoms with E-state index in [0.29, 0.717) is 11.4 Å². The van der Waals surface area contributed by atoms with E-state index in [1.54, 1.807) is 6.07 Å². The first-order chi connectivity index (χ1) is 12.1. The third kappa shape index (κ3) is 4.75. The summed E-state index contributed by atoms with van der Waals surface area (Å²) in [6.07, 6.45) is 0. The molecule has 0 unspecified atom stereocenters. The van der Waals surface area contributed by atoms with Gasteiger partial charge >= 0.3 is 0 Å². The van der Waals surface area contributed by atoms with Crippen molar-refractivity contribution < 1.29 is 17.9 Å². The Morgan fingerprint density at radius 1 is 1.15 bits per heavy atom. The normalized spacial score (nSPS) is 12.5. The molecule has 2 N–H and O–H groups in total. The lowest BCUT2D eigenvalue weighted by molar-refractivity contribution is -0.117. The molecular formula is C18H21ClN2O4S. The largest absolute Gasteiger partial charge is 0.495 e. The van der Waals surface area contributed by atoms with Crippen molar-refractivity contribution in [1.82, 2.24) is 4.72 Å². The van der Waals surface area contributed by atoms with E-state index in [1.807, 2.05) is 26.0 Å². The molecule has 0 bridgehead atoms. The van der Waals surface area contributed by atoms with Crippen LogP contribution in [-0.4, -0.2) is 27.5 Å². The molecule has 0 aliphatic carbocycles. The highest BCUT2D eigenvalue weighted by atomic mass is 35.5. The van der Waals surface area contributed by atoms with Gasteiger partial charge < -0.3 is 10.1 Å². The minimum atomic E-state index is -3.91. The summed E-state index contributed by atoms with van der Waals surface area (Å²) in [6.45, 7) is 5.30. The van der Waals surface area contributed by atoms with Gasteiger partial charge in [0.15, 0.2) is 0 Å². The second-order valence-electron chi connectivity index (χ2n) is 5.95. The molecule has 0 aliphatic heterocycles. The first-order valence-electron chi connectivity index (χ1n) is 7.88. The molecule has 0 saturated carbocycles. The fourth-order valence-corrected chi connectivity index (χ4v) is 3.91. The monoisotopic (exact) mass is 396 g/mol. The van der Waals surface area contributed by atoms with E-state index in [0.717, 1.165) is 11.1 Å². The van der Waals surface area contributed by atoms with Crippen molar-refractivity contribution in [1.29, 1.82) is 0 Å². The Labute approximate surface area is 158 Å². The number of rotatable bonds is 6. The van der Waals surface area contributed by atoms with E-state index in [1.165, 1.54) is 32.2 Å². The number of amides is 1. The average Bonchev–Trinajstić information content (AvgIpc) is 2.56. The molecule has 0 aromatic heterocycles. The number of nitrogens with one attached hydrogen (secondary N) is 2. The zero-order chi connectivity index (χ0) is 19.5. The Bertz CT molecular complexity index is 929. The standard InChI is InChI=1S/C18H21ClN2O4S/c1-11-5-7-16(12(2)9-11)20-18(22)13(3)21-26(23,24)14-6-8-17(25-4)15(19)10-14/h5-10,13,21H,1-4H3,(H,20,22)/t13-/m0/s1. The third-order valence-corrected chi connectivity index (χ3v) is 5.63. The van der Waals surface area contributed by atoms with Crippen molar-refractivity contribution >= 4 is 33.2 Å². The van der Waals surface area contributed by atoms with Gasteiger partial charge in [0.2, 0.25) is 15.9 Å². The quantitative estimate of drug-likeness (QED) is 0.784. The number of aryl methyl sites for hydroxylation is 2. The maximum absolute atomic E-state index is 12.5. The van der Waals surface area contributed by atoms with Gasteiger partial charge in [-0.2, -0.15) is 4.72 Å². The molecule has 1 atom stereocenters. The molecule has 8 heteroatoms. The number of ether oxygens (including phenoxy) is 1. The lowest BCUT2D eigenvalue weighted by Crippen LogP contribution is -2.41. The maximum atomic E-state index is 12.5. The number of carbonyl (C=O) groups excluding carboxylic acids is 1. The fraction of sp³-hybridized carbons (Fsp3) is 0.278. The van der Waals surface area contributed by atoms with Gasteiger partial charge in [-0.1, -0.05) is 29.3 Å². The van der Waals surface area contributed by atoms with Gasteiger partial charge in [0.1, 0.15) is 5.75 Å². The minimum absolute atomic E-state index is 0.0468. The van der Waals surface area contributed by atoms with Crippen LogP contribution in [0.2, 0.25) is 5.02 Å². The second kappa shape index (κ2) is 8.07. The molecule has 0 radical (unpaired) electrons. The first kappa shape index (κ1) is 20.2.